The van der Waals surface area contributed by atoms with Crippen LogP contribution < -0.4 is 27.3 Å². The van der Waals surface area contributed by atoms with Crippen molar-refractivity contribution in [1.29, 1.82) is 0 Å². The summed E-state index contributed by atoms with van der Waals surface area (Å²) in [4.78, 5) is 86.4. The lowest BCUT2D eigenvalue weighted by molar-refractivity contribution is -0.138. The van der Waals surface area contributed by atoms with E-state index in [4.69, 9.17) is 26.7 Å². The van der Waals surface area contributed by atoms with E-state index >= 15 is 0 Å². The maximum atomic E-state index is 12.8. The quantitative estimate of drug-likeness (QED) is 0.104. The number of ether oxygens (including phenoxy) is 2. The predicted octanol–water partition coefficient (Wildman–Crippen LogP) is 0.258. The fourth-order valence-corrected chi connectivity index (χ4v) is 5.66. The molecular formula is C30H43N5O9S. The number of amides is 4. The number of nitrogens with zero attached hydrogens (tertiary/aromatic N) is 1. The highest BCUT2D eigenvalue weighted by Crippen LogP contribution is 2.28. The second-order valence-corrected chi connectivity index (χ2v) is 12.1. The van der Waals surface area contributed by atoms with Crippen LogP contribution in [0, 0.1) is 5.92 Å². The number of nitrogens with two attached hydrogens (primary N) is 3. The molecule has 1 aromatic rings. The monoisotopic (exact) mass is 649 g/mol. The van der Waals surface area contributed by atoms with Crippen LogP contribution in [0.1, 0.15) is 51.0 Å². The third-order valence-electron chi connectivity index (χ3n) is 7.22. The van der Waals surface area contributed by atoms with Gasteiger partial charge in [-0.25, -0.2) is 4.79 Å². The summed E-state index contributed by atoms with van der Waals surface area (Å²) >= 11 is 1.07. The molecule has 0 radical (unpaired) electrons. The number of ketones is 3. The highest BCUT2D eigenvalue weighted by Gasteiger charge is 2.39. The number of rotatable bonds is 21. The fraction of sp³-hybridized carbons (Fsp3) is 0.567. The highest BCUT2D eigenvalue weighted by molar-refractivity contribution is 8.00. The van der Waals surface area contributed by atoms with Gasteiger partial charge in [-0.3, -0.25) is 33.7 Å². The zero-order valence-electron chi connectivity index (χ0n) is 25.7. The molecule has 0 aromatic heterocycles. The Bertz CT molecular complexity index is 1230. The molecule has 45 heavy (non-hydrogen) atoms. The molecule has 14 nitrogen and oxygen atoms in total. The van der Waals surface area contributed by atoms with Gasteiger partial charge in [-0.2, -0.15) is 0 Å². The smallest absolute Gasteiger partial charge is 0.410 e. The number of methoxy groups -OCH3 is 1. The van der Waals surface area contributed by atoms with Crippen LogP contribution in [0.4, 0.5) is 4.79 Å². The number of hydrogen-bond acceptors (Lipinski definition) is 12. The minimum atomic E-state index is -0.992. The summed E-state index contributed by atoms with van der Waals surface area (Å²) in [6, 6.07) is 4.92. The van der Waals surface area contributed by atoms with Gasteiger partial charge in [0.25, 0.3) is 0 Å². The number of likely N-dealkylation sites (tertiary alicyclic amines) is 1. The zero-order chi connectivity index (χ0) is 33.5. The first-order valence-corrected chi connectivity index (χ1v) is 15.7. The van der Waals surface area contributed by atoms with Gasteiger partial charge in [0, 0.05) is 58.2 Å². The summed E-state index contributed by atoms with van der Waals surface area (Å²) in [6.07, 6.45) is 0.272. The number of Topliss-reactive ketones (excluding diaryl/α,β-unsaturated/α-hetero) is 3. The molecule has 4 atom stereocenters. The molecule has 1 aliphatic heterocycles. The van der Waals surface area contributed by atoms with E-state index in [0.717, 1.165) is 22.2 Å². The van der Waals surface area contributed by atoms with Gasteiger partial charge in [0.15, 0.2) is 0 Å². The molecule has 1 fully saturated rings. The molecule has 0 saturated carbocycles. The van der Waals surface area contributed by atoms with Crippen LogP contribution in [0.15, 0.2) is 24.3 Å². The van der Waals surface area contributed by atoms with Crippen LogP contribution in [-0.4, -0.2) is 96.0 Å². The van der Waals surface area contributed by atoms with Crippen LogP contribution >= 0.6 is 11.8 Å². The highest BCUT2D eigenvalue weighted by atomic mass is 32.2. The molecule has 7 N–H and O–H groups in total. The van der Waals surface area contributed by atoms with Gasteiger partial charge in [-0.15, -0.1) is 11.8 Å². The molecule has 0 bridgehead atoms. The number of carbonyl (C=O) groups excluding carboxylic acids is 7. The lowest BCUT2D eigenvalue weighted by Crippen LogP contribution is -2.39. The second kappa shape index (κ2) is 19.0. The summed E-state index contributed by atoms with van der Waals surface area (Å²) in [6.45, 7) is 1.89. The first-order chi connectivity index (χ1) is 21.3. The van der Waals surface area contributed by atoms with Gasteiger partial charge in [0.2, 0.25) is 17.7 Å². The minimum Gasteiger partial charge on any atom is -0.410 e. The van der Waals surface area contributed by atoms with E-state index in [0.29, 0.717) is 25.9 Å². The van der Waals surface area contributed by atoms with Gasteiger partial charge in [-0.1, -0.05) is 12.1 Å². The van der Waals surface area contributed by atoms with Crippen LogP contribution in [-0.2, 0) is 39.9 Å². The van der Waals surface area contributed by atoms with E-state index < -0.39 is 52.8 Å². The van der Waals surface area contributed by atoms with E-state index in [2.05, 4.69) is 5.32 Å². The SMILES string of the molecule is COCCCC(=O)CCN1C(=O)CC(SC[C@H](CC(=O)[C@@H](N)CCNC(=O)Oc2ccc(C[C@H](N)C(C)=O)cc2)C(N)=O)C1=O. The van der Waals surface area contributed by atoms with E-state index in [1.54, 1.807) is 24.3 Å². The average molecular weight is 650 g/mol. The van der Waals surface area contributed by atoms with Crippen molar-refractivity contribution in [2.45, 2.75) is 69.2 Å². The Balaban J connectivity index is 1.74. The van der Waals surface area contributed by atoms with Crippen molar-refractivity contribution in [2.75, 3.05) is 32.6 Å². The molecule has 2 rings (SSSR count). The van der Waals surface area contributed by atoms with Gasteiger partial charge in [0.05, 0.1) is 23.3 Å². The summed E-state index contributed by atoms with van der Waals surface area (Å²) in [5, 5.41) is 1.77. The Morgan fingerprint density at radius 3 is 2.38 bits per heavy atom. The normalized spacial score (nSPS) is 16.6. The molecule has 4 amide bonds. The molecule has 1 heterocycles. The summed E-state index contributed by atoms with van der Waals surface area (Å²) in [7, 11) is 1.54. The lowest BCUT2D eigenvalue weighted by atomic mass is 9.98. The second-order valence-electron chi connectivity index (χ2n) is 10.8. The number of nitrogens with one attached hydrogen (secondary N) is 1. The average Bonchev–Trinajstić information content (AvgIpc) is 3.26. The first kappa shape index (κ1) is 37.5. The van der Waals surface area contributed by atoms with Crippen molar-refractivity contribution in [3.8, 4) is 5.75 Å². The Morgan fingerprint density at radius 1 is 1.07 bits per heavy atom. The van der Waals surface area contributed by atoms with Gasteiger partial charge in [0.1, 0.15) is 23.1 Å². The fourth-order valence-electron chi connectivity index (χ4n) is 4.39. The van der Waals surface area contributed by atoms with Crippen molar-refractivity contribution in [1.82, 2.24) is 10.2 Å². The third-order valence-corrected chi connectivity index (χ3v) is 8.58. The van der Waals surface area contributed by atoms with Crippen molar-refractivity contribution in [3.63, 3.8) is 0 Å². The first-order valence-electron chi connectivity index (χ1n) is 14.7. The molecule has 248 valence electrons. The maximum absolute atomic E-state index is 12.8. The molecule has 1 aromatic carbocycles. The van der Waals surface area contributed by atoms with E-state index in [1.807, 2.05) is 0 Å². The zero-order valence-corrected chi connectivity index (χ0v) is 26.5. The number of benzene rings is 1. The number of hydrogen-bond donors (Lipinski definition) is 4. The summed E-state index contributed by atoms with van der Waals surface area (Å²) in [5.74, 6) is -2.84. The van der Waals surface area contributed by atoms with E-state index in [9.17, 15) is 33.6 Å². The largest absolute Gasteiger partial charge is 0.412 e. The molecule has 1 aliphatic rings. The topological polar surface area (TPSA) is 231 Å². The van der Waals surface area contributed by atoms with Gasteiger partial charge < -0.3 is 32.0 Å². The Labute approximate surface area is 266 Å². The minimum absolute atomic E-state index is 0.00161. The third kappa shape index (κ3) is 13.1. The van der Waals surface area contributed by atoms with Crippen LogP contribution in [0.3, 0.4) is 0 Å². The Morgan fingerprint density at radius 2 is 1.76 bits per heavy atom. The molecule has 1 unspecified atom stereocenters. The number of imide groups is 1. The van der Waals surface area contributed by atoms with E-state index in [1.165, 1.54) is 14.0 Å². The van der Waals surface area contributed by atoms with Crippen molar-refractivity contribution >= 4 is 52.9 Å². The van der Waals surface area contributed by atoms with Crippen LogP contribution in [0.5, 0.6) is 5.75 Å². The number of thioether (sulfide) groups is 1. The number of primary amides is 1. The van der Waals surface area contributed by atoms with Gasteiger partial charge in [-0.05, 0) is 43.9 Å². The molecule has 15 heteroatoms. The maximum Gasteiger partial charge on any atom is 0.412 e. The van der Waals surface area contributed by atoms with Crippen LogP contribution in [0.2, 0.25) is 0 Å². The molecule has 1 saturated heterocycles. The summed E-state index contributed by atoms with van der Waals surface area (Å²) < 4.78 is 10.1. The summed E-state index contributed by atoms with van der Waals surface area (Å²) in [5.41, 5.74) is 18.0. The molecule has 0 aliphatic carbocycles. The van der Waals surface area contributed by atoms with Crippen molar-refractivity contribution in [2.24, 2.45) is 23.1 Å². The van der Waals surface area contributed by atoms with Crippen LogP contribution in [0.25, 0.3) is 0 Å². The standard InChI is InChI=1S/C30H43N5O9S/c1-18(36)24(32)14-19-5-7-22(8-6-19)44-30(42)34-11-9-23(31)25(38)15-20(28(33)40)17-45-26-16-27(39)35(29(26)41)12-10-21(37)4-3-13-43-2/h5-8,20,23-24,26H,3-4,9-17,31-32H2,1-2H3,(H2,33,40)(H,34,42)/t20-,23-,24-,26?/m0/s1. The Kier molecular flexibility index (Phi) is 15.8. The molecular weight excluding hydrogens is 606 g/mol. The van der Waals surface area contributed by atoms with Gasteiger partial charge >= 0.3 is 6.09 Å². The Hall–Kier alpha value is -3.66. The van der Waals surface area contributed by atoms with Crippen molar-refractivity contribution < 1.29 is 43.0 Å². The lowest BCUT2D eigenvalue weighted by Gasteiger charge is -2.18. The molecule has 0 spiro atoms. The predicted molar refractivity (Wildman–Crippen MR) is 166 cm³/mol. The van der Waals surface area contributed by atoms with Crippen molar-refractivity contribution in [3.05, 3.63) is 29.8 Å². The van der Waals surface area contributed by atoms with E-state index in [-0.39, 0.29) is 61.8 Å². The number of carbonyl (C=O) groups is 7.